The van der Waals surface area contributed by atoms with Crippen LogP contribution < -0.4 is 16.4 Å². The molecule has 2 atom stereocenters. The molecule has 0 radical (unpaired) electrons. The molecule has 0 aliphatic heterocycles. The van der Waals surface area contributed by atoms with Gasteiger partial charge in [-0.05, 0) is 156 Å². The van der Waals surface area contributed by atoms with Crippen LogP contribution in [0.3, 0.4) is 0 Å². The second-order valence-corrected chi connectivity index (χ2v) is 21.1. The standard InChI is InChI=1S/C63H59BN2/c1-40-29-42(3)60(43(4)30-40)64(61-44(5)31-41(2)32-45(61)6)52-14-11-13-49(34-52)57-18-12-17-56(65-57)48-21-23-50(24-22-48)62-35-46-33-47(36-62)38-63(37-46,39-62)51-25-27-53(28-26-51)66-58-19-9-7-15-54(58)55-16-8-10-20-59(55)66/h7-32,34,46-47H,33,35-39H2,1-6H3. The third-order valence-corrected chi connectivity index (χ3v) is 16.5. The molecule has 2 unspecified atom stereocenters. The smallest absolute Gasteiger partial charge is 0.242 e. The van der Waals surface area contributed by atoms with Crippen molar-refractivity contribution in [2.75, 3.05) is 0 Å². The van der Waals surface area contributed by atoms with Crippen LogP contribution in [0.15, 0.2) is 164 Å². The highest BCUT2D eigenvalue weighted by Crippen LogP contribution is 2.66. The molecule has 4 aliphatic carbocycles. The van der Waals surface area contributed by atoms with Gasteiger partial charge in [0.25, 0.3) is 0 Å². The Morgan fingerprint density at radius 3 is 1.47 bits per heavy atom. The Kier molecular flexibility index (Phi) is 9.69. The van der Waals surface area contributed by atoms with Gasteiger partial charge in [0.1, 0.15) is 0 Å². The van der Waals surface area contributed by atoms with Crippen LogP contribution in [0, 0.1) is 53.4 Å². The number of benzene rings is 7. The number of para-hydroxylation sites is 2. The van der Waals surface area contributed by atoms with Crippen molar-refractivity contribution in [2.24, 2.45) is 11.8 Å². The average Bonchev–Trinajstić information content (AvgIpc) is 3.65. The second kappa shape index (κ2) is 15.6. The van der Waals surface area contributed by atoms with Crippen LogP contribution >= 0.6 is 0 Å². The Bertz CT molecular complexity index is 3180. The third kappa shape index (κ3) is 6.72. The maximum atomic E-state index is 5.38. The SMILES string of the molecule is Cc1cc(C)c(B(c2cccc(-c3cccc(-c4ccc(C56CC7CC(C5)CC(c5ccc(-n8c9ccccc9c9ccccc98)cc5)(C7)C6)cc4)n3)c2)c2c(C)cc(C)cc2C)c(C)c1. The van der Waals surface area contributed by atoms with E-state index in [0.717, 1.165) is 28.8 Å². The van der Waals surface area contributed by atoms with Crippen molar-refractivity contribution in [1.29, 1.82) is 0 Å². The maximum absolute atomic E-state index is 5.38. The molecule has 2 heterocycles. The van der Waals surface area contributed by atoms with Crippen LogP contribution in [0.1, 0.15) is 83.0 Å². The van der Waals surface area contributed by atoms with Crippen molar-refractivity contribution in [3.63, 3.8) is 0 Å². The number of aryl methyl sites for hydroxylation is 6. The summed E-state index contributed by atoms with van der Waals surface area (Å²) >= 11 is 0. The highest BCUT2D eigenvalue weighted by Gasteiger charge is 2.58. The molecule has 66 heavy (non-hydrogen) atoms. The van der Waals surface area contributed by atoms with Crippen LogP contribution in [0.5, 0.6) is 0 Å². The van der Waals surface area contributed by atoms with Crippen molar-refractivity contribution < 1.29 is 0 Å². The quantitative estimate of drug-likeness (QED) is 0.139. The van der Waals surface area contributed by atoms with E-state index in [-0.39, 0.29) is 17.5 Å². The fourth-order valence-corrected chi connectivity index (χ4v) is 14.5. The van der Waals surface area contributed by atoms with E-state index in [1.807, 2.05) is 0 Å². The lowest BCUT2D eigenvalue weighted by Crippen LogP contribution is -2.55. The highest BCUT2D eigenvalue weighted by molar-refractivity contribution is 6.96. The molecular formula is C63H59BN2. The Morgan fingerprint density at radius 2 is 0.939 bits per heavy atom. The van der Waals surface area contributed by atoms with E-state index in [1.165, 1.54) is 127 Å². The van der Waals surface area contributed by atoms with Crippen LogP contribution in [0.4, 0.5) is 0 Å². The first kappa shape index (κ1) is 41.0. The van der Waals surface area contributed by atoms with E-state index in [2.05, 4.69) is 210 Å². The average molecular weight is 855 g/mol. The third-order valence-electron chi connectivity index (χ3n) is 16.5. The van der Waals surface area contributed by atoms with Gasteiger partial charge in [-0.15, -0.1) is 0 Å². The second-order valence-electron chi connectivity index (χ2n) is 21.1. The Balaban J connectivity index is 0.845. The van der Waals surface area contributed by atoms with Gasteiger partial charge in [-0.2, -0.15) is 0 Å². The van der Waals surface area contributed by atoms with Crippen molar-refractivity contribution in [1.82, 2.24) is 9.55 Å². The van der Waals surface area contributed by atoms with Crippen LogP contribution in [-0.4, -0.2) is 16.3 Å². The van der Waals surface area contributed by atoms with Crippen LogP contribution in [-0.2, 0) is 10.8 Å². The minimum absolute atomic E-state index is 0.122. The zero-order chi connectivity index (χ0) is 44.9. The predicted octanol–water partition coefficient (Wildman–Crippen LogP) is 13.7. The van der Waals surface area contributed by atoms with Gasteiger partial charge in [-0.25, -0.2) is 4.98 Å². The first-order valence-electron chi connectivity index (χ1n) is 24.5. The molecule has 9 aromatic rings. The van der Waals surface area contributed by atoms with E-state index < -0.39 is 0 Å². The summed E-state index contributed by atoms with van der Waals surface area (Å²) in [5, 5.41) is 2.63. The van der Waals surface area contributed by atoms with E-state index in [4.69, 9.17) is 4.98 Å². The molecule has 3 heteroatoms. The van der Waals surface area contributed by atoms with E-state index in [1.54, 1.807) is 5.56 Å². The summed E-state index contributed by atoms with van der Waals surface area (Å²) in [5.41, 5.74) is 23.9. The lowest BCUT2D eigenvalue weighted by atomic mass is 9.34. The first-order chi connectivity index (χ1) is 32.0. The summed E-state index contributed by atoms with van der Waals surface area (Å²) in [5.74, 6) is 1.57. The molecule has 4 aliphatic rings. The van der Waals surface area contributed by atoms with Gasteiger partial charge in [0.2, 0.25) is 6.71 Å². The van der Waals surface area contributed by atoms with Crippen molar-refractivity contribution in [3.8, 4) is 28.2 Å². The minimum Gasteiger partial charge on any atom is -0.309 e. The fourth-order valence-electron chi connectivity index (χ4n) is 14.5. The van der Waals surface area contributed by atoms with Gasteiger partial charge in [0, 0.05) is 22.0 Å². The number of hydrogen-bond donors (Lipinski definition) is 0. The largest absolute Gasteiger partial charge is 0.309 e. The molecule has 4 saturated carbocycles. The summed E-state index contributed by atoms with van der Waals surface area (Å²) in [6.07, 6.45) is 7.93. The van der Waals surface area contributed by atoms with E-state index in [9.17, 15) is 0 Å². The molecule has 2 nitrogen and oxygen atoms in total. The summed E-state index contributed by atoms with van der Waals surface area (Å²) < 4.78 is 2.45. The number of fused-ring (bicyclic) bond motifs is 3. The van der Waals surface area contributed by atoms with Gasteiger partial charge in [-0.1, -0.05) is 177 Å². The number of pyridine rings is 1. The molecule has 0 saturated heterocycles. The van der Waals surface area contributed by atoms with Gasteiger partial charge in [0.15, 0.2) is 0 Å². The van der Waals surface area contributed by atoms with E-state index in [0.29, 0.717) is 0 Å². The summed E-state index contributed by atoms with van der Waals surface area (Å²) in [6.45, 7) is 13.7. The zero-order valence-corrected chi connectivity index (χ0v) is 39.5. The molecule has 4 bridgehead atoms. The van der Waals surface area contributed by atoms with Crippen molar-refractivity contribution in [2.45, 2.75) is 90.9 Å². The molecule has 0 amide bonds. The first-order valence-corrected chi connectivity index (χ1v) is 24.5. The lowest BCUT2D eigenvalue weighted by Gasteiger charge is -2.63. The van der Waals surface area contributed by atoms with Gasteiger partial charge >= 0.3 is 0 Å². The Labute approximate surface area is 391 Å². The number of aromatic nitrogens is 2. The molecule has 324 valence electrons. The Morgan fingerprint density at radius 1 is 0.470 bits per heavy atom. The molecule has 0 spiro atoms. The minimum atomic E-state index is 0.122. The molecule has 7 aromatic carbocycles. The van der Waals surface area contributed by atoms with E-state index >= 15 is 0 Å². The Hall–Kier alpha value is -6.45. The number of rotatable bonds is 8. The fraction of sp³-hybridized carbons (Fsp3) is 0.254. The van der Waals surface area contributed by atoms with Gasteiger partial charge in [-0.3, -0.25) is 0 Å². The summed E-state index contributed by atoms with van der Waals surface area (Å²) in [7, 11) is 0. The maximum Gasteiger partial charge on any atom is 0.242 e. The molecule has 0 N–H and O–H groups in total. The van der Waals surface area contributed by atoms with Crippen LogP contribution in [0.25, 0.3) is 50.0 Å². The zero-order valence-electron chi connectivity index (χ0n) is 39.5. The molecule has 13 rings (SSSR count). The predicted molar refractivity (Wildman–Crippen MR) is 280 cm³/mol. The van der Waals surface area contributed by atoms with Gasteiger partial charge < -0.3 is 4.57 Å². The van der Waals surface area contributed by atoms with Crippen molar-refractivity contribution >= 4 is 44.9 Å². The lowest BCUT2D eigenvalue weighted by molar-refractivity contribution is -0.0281. The highest BCUT2D eigenvalue weighted by atomic mass is 15.0. The molecular weight excluding hydrogens is 796 g/mol. The van der Waals surface area contributed by atoms with Crippen LogP contribution in [0.2, 0.25) is 0 Å². The monoisotopic (exact) mass is 854 g/mol. The molecule has 4 fully saturated rings. The molecule has 2 aromatic heterocycles. The normalized spacial score (nSPS) is 20.9. The summed E-state index contributed by atoms with van der Waals surface area (Å²) in [6, 6.07) is 62.3. The van der Waals surface area contributed by atoms with Crippen molar-refractivity contribution in [3.05, 3.63) is 208 Å². The number of hydrogen-bond acceptors (Lipinski definition) is 1. The van der Waals surface area contributed by atoms with Gasteiger partial charge in [0.05, 0.1) is 22.4 Å². The number of nitrogens with zero attached hydrogens (tertiary/aromatic N) is 2. The summed E-state index contributed by atoms with van der Waals surface area (Å²) in [4.78, 5) is 5.38. The topological polar surface area (TPSA) is 17.8 Å².